The van der Waals surface area contributed by atoms with Gasteiger partial charge in [-0.25, -0.2) is 0 Å². The summed E-state index contributed by atoms with van der Waals surface area (Å²) in [5.74, 6) is 0.0686. The third-order valence-electron chi connectivity index (χ3n) is 2.81. The van der Waals surface area contributed by atoms with Crippen molar-refractivity contribution in [1.29, 1.82) is 0 Å². The lowest BCUT2D eigenvalue weighted by molar-refractivity contribution is -0.133. The Bertz CT molecular complexity index is 245. The summed E-state index contributed by atoms with van der Waals surface area (Å²) in [6.07, 6.45) is 2.13. The van der Waals surface area contributed by atoms with Crippen LogP contribution in [0.2, 0.25) is 0 Å². The van der Waals surface area contributed by atoms with Gasteiger partial charge in [0.2, 0.25) is 11.8 Å². The molecule has 0 spiro atoms. The smallest absolute Gasteiger partial charge is 0.239 e. The first-order valence-corrected chi connectivity index (χ1v) is 5.33. The van der Waals surface area contributed by atoms with Crippen LogP contribution in [0.1, 0.15) is 26.2 Å². The highest BCUT2D eigenvalue weighted by molar-refractivity contribution is 5.81. The SMILES string of the molecule is C[C@H](N)C(=O)N1CCC(CC(N)=O)CC1. The molecule has 0 saturated carbocycles. The van der Waals surface area contributed by atoms with Gasteiger partial charge in [0.15, 0.2) is 0 Å². The lowest BCUT2D eigenvalue weighted by Crippen LogP contribution is -2.46. The zero-order chi connectivity index (χ0) is 11.4. The van der Waals surface area contributed by atoms with Crippen LogP contribution in [0.15, 0.2) is 0 Å². The van der Waals surface area contributed by atoms with Gasteiger partial charge in [0.05, 0.1) is 6.04 Å². The lowest BCUT2D eigenvalue weighted by Gasteiger charge is -2.32. The fraction of sp³-hybridized carbons (Fsp3) is 0.800. The average molecular weight is 213 g/mol. The zero-order valence-corrected chi connectivity index (χ0v) is 9.11. The van der Waals surface area contributed by atoms with Gasteiger partial charge < -0.3 is 16.4 Å². The normalized spacial score (nSPS) is 20.0. The van der Waals surface area contributed by atoms with Gasteiger partial charge in [-0.05, 0) is 25.7 Å². The quantitative estimate of drug-likeness (QED) is 0.659. The molecule has 5 heteroatoms. The number of hydrogen-bond donors (Lipinski definition) is 2. The Morgan fingerprint density at radius 3 is 2.33 bits per heavy atom. The molecule has 1 aliphatic heterocycles. The minimum atomic E-state index is -0.433. The molecule has 1 saturated heterocycles. The minimum Gasteiger partial charge on any atom is -0.370 e. The molecule has 0 aromatic rings. The highest BCUT2D eigenvalue weighted by Gasteiger charge is 2.24. The Labute approximate surface area is 89.8 Å². The number of carbonyl (C=O) groups excluding carboxylic acids is 2. The molecule has 0 radical (unpaired) electrons. The molecule has 0 bridgehead atoms. The van der Waals surface area contributed by atoms with E-state index < -0.39 is 6.04 Å². The van der Waals surface area contributed by atoms with Gasteiger partial charge in [0.25, 0.3) is 0 Å². The topological polar surface area (TPSA) is 89.4 Å². The van der Waals surface area contributed by atoms with Gasteiger partial charge in [-0.2, -0.15) is 0 Å². The Morgan fingerprint density at radius 1 is 1.40 bits per heavy atom. The van der Waals surface area contributed by atoms with Crippen LogP contribution >= 0.6 is 0 Å². The molecule has 0 aromatic carbocycles. The third-order valence-corrected chi connectivity index (χ3v) is 2.81. The van der Waals surface area contributed by atoms with Crippen molar-refractivity contribution in [3.8, 4) is 0 Å². The monoisotopic (exact) mass is 213 g/mol. The van der Waals surface area contributed by atoms with Crippen molar-refractivity contribution in [2.45, 2.75) is 32.2 Å². The molecule has 1 aliphatic rings. The molecular weight excluding hydrogens is 194 g/mol. The second-order valence-corrected chi connectivity index (χ2v) is 4.23. The fourth-order valence-corrected chi connectivity index (χ4v) is 1.93. The summed E-state index contributed by atoms with van der Waals surface area (Å²) in [6.45, 7) is 3.08. The third kappa shape index (κ3) is 3.51. The predicted octanol–water partition coefficient (Wildman–Crippen LogP) is -0.552. The maximum atomic E-state index is 11.5. The molecule has 1 atom stereocenters. The van der Waals surface area contributed by atoms with Crippen molar-refractivity contribution in [3.63, 3.8) is 0 Å². The molecule has 86 valence electrons. The predicted molar refractivity (Wildman–Crippen MR) is 56.8 cm³/mol. The van der Waals surface area contributed by atoms with Crippen molar-refractivity contribution in [2.75, 3.05) is 13.1 Å². The molecule has 1 heterocycles. The molecule has 5 nitrogen and oxygen atoms in total. The van der Waals surface area contributed by atoms with Crippen molar-refractivity contribution in [2.24, 2.45) is 17.4 Å². The summed E-state index contributed by atoms with van der Waals surface area (Å²) in [4.78, 5) is 24.0. The van der Waals surface area contributed by atoms with E-state index in [2.05, 4.69) is 0 Å². The number of nitrogens with two attached hydrogens (primary N) is 2. The molecule has 4 N–H and O–H groups in total. The molecule has 1 fully saturated rings. The summed E-state index contributed by atoms with van der Waals surface area (Å²) in [5.41, 5.74) is 10.6. The van der Waals surface area contributed by atoms with E-state index in [-0.39, 0.29) is 11.8 Å². The van der Waals surface area contributed by atoms with E-state index in [9.17, 15) is 9.59 Å². The highest BCUT2D eigenvalue weighted by Crippen LogP contribution is 2.20. The van der Waals surface area contributed by atoms with Crippen LogP contribution in [-0.4, -0.2) is 35.8 Å². The Balaban J connectivity index is 2.35. The van der Waals surface area contributed by atoms with Gasteiger partial charge in [-0.15, -0.1) is 0 Å². The molecule has 0 aromatic heterocycles. The number of carbonyl (C=O) groups is 2. The van der Waals surface area contributed by atoms with E-state index >= 15 is 0 Å². The summed E-state index contributed by atoms with van der Waals surface area (Å²) >= 11 is 0. The molecular formula is C10H19N3O2. The van der Waals surface area contributed by atoms with Crippen molar-refractivity contribution < 1.29 is 9.59 Å². The number of amides is 2. The van der Waals surface area contributed by atoms with Crippen molar-refractivity contribution >= 4 is 11.8 Å². The maximum absolute atomic E-state index is 11.5. The number of nitrogens with zero attached hydrogens (tertiary/aromatic N) is 1. The largest absolute Gasteiger partial charge is 0.370 e. The number of hydrogen-bond acceptors (Lipinski definition) is 3. The Kier molecular flexibility index (Phi) is 4.08. The summed E-state index contributed by atoms with van der Waals surface area (Å²) in [6, 6.07) is -0.433. The molecule has 1 rings (SSSR count). The first-order valence-electron chi connectivity index (χ1n) is 5.33. The van der Waals surface area contributed by atoms with Crippen LogP contribution in [0.5, 0.6) is 0 Å². The van der Waals surface area contributed by atoms with Gasteiger partial charge in [0, 0.05) is 19.5 Å². The minimum absolute atomic E-state index is 0.00692. The van der Waals surface area contributed by atoms with E-state index in [0.717, 1.165) is 12.8 Å². The van der Waals surface area contributed by atoms with Crippen LogP contribution in [-0.2, 0) is 9.59 Å². The van der Waals surface area contributed by atoms with Crippen LogP contribution in [0.4, 0.5) is 0 Å². The van der Waals surface area contributed by atoms with E-state index in [4.69, 9.17) is 11.5 Å². The van der Waals surface area contributed by atoms with Crippen molar-refractivity contribution in [3.05, 3.63) is 0 Å². The second kappa shape index (κ2) is 5.11. The zero-order valence-electron chi connectivity index (χ0n) is 9.11. The van der Waals surface area contributed by atoms with Gasteiger partial charge >= 0.3 is 0 Å². The van der Waals surface area contributed by atoms with Crippen LogP contribution in [0.3, 0.4) is 0 Å². The first-order chi connectivity index (χ1) is 7.00. The van der Waals surface area contributed by atoms with E-state index in [1.165, 1.54) is 0 Å². The summed E-state index contributed by atoms with van der Waals surface area (Å²) in [7, 11) is 0. The molecule has 0 unspecified atom stereocenters. The van der Waals surface area contributed by atoms with Gasteiger partial charge in [0.1, 0.15) is 0 Å². The second-order valence-electron chi connectivity index (χ2n) is 4.23. The number of primary amides is 1. The van der Waals surface area contributed by atoms with Crippen LogP contribution in [0, 0.1) is 5.92 Å². The lowest BCUT2D eigenvalue weighted by atomic mass is 9.93. The number of rotatable bonds is 3. The Hall–Kier alpha value is -1.10. The number of likely N-dealkylation sites (tertiary alicyclic amines) is 1. The molecule has 15 heavy (non-hydrogen) atoms. The van der Waals surface area contributed by atoms with E-state index in [1.807, 2.05) is 0 Å². The van der Waals surface area contributed by atoms with Gasteiger partial charge in [-0.3, -0.25) is 9.59 Å². The van der Waals surface area contributed by atoms with E-state index in [0.29, 0.717) is 25.4 Å². The van der Waals surface area contributed by atoms with Crippen molar-refractivity contribution in [1.82, 2.24) is 4.90 Å². The average Bonchev–Trinajstić information content (AvgIpc) is 2.17. The molecule has 0 aliphatic carbocycles. The summed E-state index contributed by atoms with van der Waals surface area (Å²) < 4.78 is 0. The number of piperidine rings is 1. The van der Waals surface area contributed by atoms with Crippen LogP contribution < -0.4 is 11.5 Å². The van der Waals surface area contributed by atoms with Gasteiger partial charge in [-0.1, -0.05) is 0 Å². The standard InChI is InChI=1S/C10H19N3O2/c1-7(11)10(15)13-4-2-8(3-5-13)6-9(12)14/h7-8H,2-6,11H2,1H3,(H2,12,14)/t7-/m0/s1. The van der Waals surface area contributed by atoms with E-state index in [1.54, 1.807) is 11.8 Å². The fourth-order valence-electron chi connectivity index (χ4n) is 1.93. The summed E-state index contributed by atoms with van der Waals surface area (Å²) in [5, 5.41) is 0. The maximum Gasteiger partial charge on any atom is 0.239 e. The molecule has 2 amide bonds. The highest BCUT2D eigenvalue weighted by atomic mass is 16.2. The van der Waals surface area contributed by atoms with Crippen LogP contribution in [0.25, 0.3) is 0 Å². The Morgan fingerprint density at radius 2 is 1.93 bits per heavy atom. The first kappa shape index (κ1) is 12.0.